The maximum absolute atomic E-state index is 12.8. The van der Waals surface area contributed by atoms with Gasteiger partial charge in [-0.2, -0.15) is 0 Å². The number of carbonyl (C=O) groups is 2. The van der Waals surface area contributed by atoms with Gasteiger partial charge in [-0.1, -0.05) is 36.4 Å². The van der Waals surface area contributed by atoms with Crippen molar-refractivity contribution >= 4 is 34.1 Å². The first-order valence-electron chi connectivity index (χ1n) is 10.3. The summed E-state index contributed by atoms with van der Waals surface area (Å²) in [5, 5.41) is 6.47. The molecule has 2 N–H and O–H groups in total. The van der Waals surface area contributed by atoms with Crippen molar-refractivity contribution in [3.05, 3.63) is 78.5 Å². The topological polar surface area (TPSA) is 89.5 Å². The number of carbonyl (C=O) groups excluding carboxylic acids is 2. The molecule has 0 saturated heterocycles. The molecule has 3 aromatic carbocycles. The number of nitrogens with one attached hydrogen (secondary N) is 2. The van der Waals surface area contributed by atoms with Gasteiger partial charge in [-0.25, -0.2) is 0 Å². The van der Waals surface area contributed by atoms with E-state index in [-0.39, 0.29) is 11.8 Å². The third-order valence-electron chi connectivity index (χ3n) is 5.17. The van der Waals surface area contributed by atoms with Crippen LogP contribution in [0.25, 0.3) is 22.0 Å². The quantitative estimate of drug-likeness (QED) is 0.433. The molecule has 0 unspecified atom stereocenters. The Morgan fingerprint density at radius 3 is 2.24 bits per heavy atom. The van der Waals surface area contributed by atoms with Gasteiger partial charge in [0.25, 0.3) is 5.91 Å². The number of hydrogen-bond acceptors (Lipinski definition) is 5. The van der Waals surface area contributed by atoms with Gasteiger partial charge in [0, 0.05) is 36.0 Å². The zero-order chi connectivity index (χ0) is 23.4. The number of rotatable bonds is 6. The number of pyridine rings is 1. The first-order chi connectivity index (χ1) is 16.0. The second kappa shape index (κ2) is 9.40. The lowest BCUT2D eigenvalue weighted by Gasteiger charge is -2.18. The molecule has 0 bridgehead atoms. The fraction of sp³-hybridized carbons (Fsp3) is 0.115. The third kappa shape index (κ3) is 4.34. The van der Waals surface area contributed by atoms with Crippen LogP contribution in [0.15, 0.2) is 72.9 Å². The SMILES string of the molecule is COc1c(NC(C)=O)cc(OC)c2c(-c3ccccc3NC(=O)c3ccccc3)ccnc12. The second-order valence-electron chi connectivity index (χ2n) is 7.29. The summed E-state index contributed by atoms with van der Waals surface area (Å²) in [6.45, 7) is 1.42. The van der Waals surface area contributed by atoms with Crippen molar-refractivity contribution in [3.63, 3.8) is 0 Å². The van der Waals surface area contributed by atoms with Crippen LogP contribution in [0.1, 0.15) is 17.3 Å². The van der Waals surface area contributed by atoms with E-state index in [1.54, 1.807) is 31.5 Å². The molecule has 0 aliphatic rings. The Balaban J connectivity index is 1.89. The number of amides is 2. The molecule has 4 rings (SSSR count). The highest BCUT2D eigenvalue weighted by Crippen LogP contribution is 2.44. The number of fused-ring (bicyclic) bond motifs is 1. The second-order valence-corrected chi connectivity index (χ2v) is 7.29. The van der Waals surface area contributed by atoms with Crippen LogP contribution in [0.2, 0.25) is 0 Å². The smallest absolute Gasteiger partial charge is 0.255 e. The van der Waals surface area contributed by atoms with Crippen molar-refractivity contribution in [2.24, 2.45) is 0 Å². The van der Waals surface area contributed by atoms with Gasteiger partial charge in [-0.3, -0.25) is 14.6 Å². The van der Waals surface area contributed by atoms with E-state index in [1.165, 1.54) is 14.0 Å². The van der Waals surface area contributed by atoms with Crippen molar-refractivity contribution < 1.29 is 19.1 Å². The Hall–Kier alpha value is -4.39. The number of aromatic nitrogens is 1. The molecule has 0 aliphatic heterocycles. The molecule has 0 atom stereocenters. The van der Waals surface area contributed by atoms with Gasteiger partial charge in [0.2, 0.25) is 5.91 Å². The summed E-state index contributed by atoms with van der Waals surface area (Å²) in [4.78, 5) is 29.0. The summed E-state index contributed by atoms with van der Waals surface area (Å²) in [6, 6.07) is 20.1. The fourth-order valence-corrected chi connectivity index (χ4v) is 3.77. The summed E-state index contributed by atoms with van der Waals surface area (Å²) < 4.78 is 11.3. The summed E-state index contributed by atoms with van der Waals surface area (Å²) in [6.07, 6.45) is 1.66. The summed E-state index contributed by atoms with van der Waals surface area (Å²) in [7, 11) is 3.08. The first-order valence-corrected chi connectivity index (χ1v) is 10.3. The fourth-order valence-electron chi connectivity index (χ4n) is 3.77. The number of methoxy groups -OCH3 is 2. The summed E-state index contributed by atoms with van der Waals surface area (Å²) >= 11 is 0. The van der Waals surface area contributed by atoms with E-state index in [4.69, 9.17) is 9.47 Å². The summed E-state index contributed by atoms with van der Waals surface area (Å²) in [5.74, 6) is 0.495. The zero-order valence-corrected chi connectivity index (χ0v) is 18.5. The van der Waals surface area contributed by atoms with Gasteiger partial charge < -0.3 is 20.1 Å². The Bertz CT molecular complexity index is 1340. The predicted molar refractivity (Wildman–Crippen MR) is 129 cm³/mol. The van der Waals surface area contributed by atoms with Crippen molar-refractivity contribution in [2.75, 3.05) is 24.9 Å². The van der Waals surface area contributed by atoms with E-state index in [1.807, 2.05) is 48.5 Å². The molecular weight excluding hydrogens is 418 g/mol. The van der Waals surface area contributed by atoms with E-state index in [0.717, 1.165) is 11.1 Å². The molecule has 1 heterocycles. The van der Waals surface area contributed by atoms with Crippen LogP contribution in [0.3, 0.4) is 0 Å². The lowest BCUT2D eigenvalue weighted by Crippen LogP contribution is -2.12. The highest BCUT2D eigenvalue weighted by Gasteiger charge is 2.20. The van der Waals surface area contributed by atoms with Gasteiger partial charge in [0.1, 0.15) is 11.3 Å². The number of para-hydroxylation sites is 1. The molecule has 4 aromatic rings. The minimum atomic E-state index is -0.236. The molecule has 1 aromatic heterocycles. The molecule has 0 aliphatic carbocycles. The Kier molecular flexibility index (Phi) is 6.22. The van der Waals surface area contributed by atoms with Crippen molar-refractivity contribution in [1.29, 1.82) is 0 Å². The Morgan fingerprint density at radius 2 is 1.55 bits per heavy atom. The van der Waals surface area contributed by atoms with Gasteiger partial charge in [-0.05, 0) is 29.8 Å². The van der Waals surface area contributed by atoms with Crippen molar-refractivity contribution in [1.82, 2.24) is 4.98 Å². The minimum absolute atomic E-state index is 0.209. The molecule has 2 amide bonds. The highest BCUT2D eigenvalue weighted by molar-refractivity contribution is 6.10. The molecule has 7 nitrogen and oxygen atoms in total. The van der Waals surface area contributed by atoms with Crippen LogP contribution in [-0.4, -0.2) is 31.0 Å². The van der Waals surface area contributed by atoms with E-state index in [9.17, 15) is 9.59 Å². The maximum Gasteiger partial charge on any atom is 0.255 e. The summed E-state index contributed by atoms with van der Waals surface area (Å²) in [5.41, 5.74) is 3.79. The lowest BCUT2D eigenvalue weighted by molar-refractivity contribution is -0.114. The Labute approximate surface area is 191 Å². The van der Waals surface area contributed by atoms with Gasteiger partial charge in [-0.15, -0.1) is 0 Å². The van der Waals surface area contributed by atoms with Crippen LogP contribution in [0, 0.1) is 0 Å². The van der Waals surface area contributed by atoms with Crippen LogP contribution >= 0.6 is 0 Å². The predicted octanol–water partition coefficient (Wildman–Crippen LogP) is 5.13. The van der Waals surface area contributed by atoms with Gasteiger partial charge >= 0.3 is 0 Å². The number of anilines is 2. The highest BCUT2D eigenvalue weighted by atomic mass is 16.5. The van der Waals surface area contributed by atoms with Crippen molar-refractivity contribution in [3.8, 4) is 22.6 Å². The molecule has 0 saturated carbocycles. The number of hydrogen-bond donors (Lipinski definition) is 2. The van der Waals surface area contributed by atoms with E-state index in [0.29, 0.717) is 39.3 Å². The number of benzene rings is 3. The largest absolute Gasteiger partial charge is 0.496 e. The zero-order valence-electron chi connectivity index (χ0n) is 18.5. The average molecular weight is 441 g/mol. The van der Waals surface area contributed by atoms with Crippen LogP contribution in [-0.2, 0) is 4.79 Å². The van der Waals surface area contributed by atoms with Gasteiger partial charge in [0.15, 0.2) is 5.75 Å². The molecule has 33 heavy (non-hydrogen) atoms. The molecule has 0 fully saturated rings. The van der Waals surface area contributed by atoms with Crippen LogP contribution < -0.4 is 20.1 Å². The number of ether oxygens (including phenoxy) is 2. The molecule has 166 valence electrons. The minimum Gasteiger partial charge on any atom is -0.496 e. The molecule has 7 heteroatoms. The molecule has 0 spiro atoms. The van der Waals surface area contributed by atoms with Crippen molar-refractivity contribution in [2.45, 2.75) is 6.92 Å². The average Bonchev–Trinajstić information content (AvgIpc) is 2.83. The number of nitrogens with zero attached hydrogens (tertiary/aromatic N) is 1. The normalized spacial score (nSPS) is 10.5. The standard InChI is InChI=1S/C26H23N3O4/c1-16(30)28-21-15-22(32-2)23-19(13-14-27-24(23)25(21)33-3)18-11-7-8-12-20(18)29-26(31)17-9-5-4-6-10-17/h4-15H,1-3H3,(H,28,30)(H,29,31). The maximum atomic E-state index is 12.8. The Morgan fingerprint density at radius 1 is 0.818 bits per heavy atom. The molecule has 0 radical (unpaired) electrons. The molecular formula is C26H23N3O4. The first kappa shape index (κ1) is 21.8. The van der Waals surface area contributed by atoms with E-state index < -0.39 is 0 Å². The lowest BCUT2D eigenvalue weighted by atomic mass is 9.98. The monoisotopic (exact) mass is 441 g/mol. The van der Waals surface area contributed by atoms with Crippen LogP contribution in [0.5, 0.6) is 11.5 Å². The van der Waals surface area contributed by atoms with E-state index >= 15 is 0 Å². The van der Waals surface area contributed by atoms with Crippen LogP contribution in [0.4, 0.5) is 11.4 Å². The third-order valence-corrected chi connectivity index (χ3v) is 5.17. The van der Waals surface area contributed by atoms with E-state index in [2.05, 4.69) is 15.6 Å². The van der Waals surface area contributed by atoms with Gasteiger partial charge in [0.05, 0.1) is 25.3 Å².